The van der Waals surface area contributed by atoms with Crippen LogP contribution in [0.3, 0.4) is 0 Å². The highest BCUT2D eigenvalue weighted by Gasteiger charge is 2.58. The second-order valence-electron chi connectivity index (χ2n) is 5.37. The van der Waals surface area contributed by atoms with Gasteiger partial charge in [0.1, 0.15) is 0 Å². The summed E-state index contributed by atoms with van der Waals surface area (Å²) in [6.45, 7) is 0. The Hall–Kier alpha value is -2.27. The summed E-state index contributed by atoms with van der Waals surface area (Å²) in [6, 6.07) is 14.4. The summed E-state index contributed by atoms with van der Waals surface area (Å²) in [6.07, 6.45) is -0.350. The van der Waals surface area contributed by atoms with E-state index in [1.807, 2.05) is 0 Å². The molecule has 0 radical (unpaired) electrons. The van der Waals surface area contributed by atoms with E-state index in [-0.39, 0.29) is 11.3 Å². The van der Waals surface area contributed by atoms with Crippen LogP contribution >= 0.6 is 23.4 Å². The largest absolute Gasteiger partial charge is 0.287 e. The molecular formula is C18H12ClNO4S2. The van der Waals surface area contributed by atoms with Crippen LogP contribution in [0.5, 0.6) is 0 Å². The number of hydrogen-bond donors (Lipinski definition) is 1. The Morgan fingerprint density at radius 3 is 2.31 bits per heavy atom. The molecule has 1 saturated heterocycles. The van der Waals surface area contributed by atoms with Crippen LogP contribution in [-0.4, -0.2) is 23.6 Å². The number of rotatable bonds is 3. The molecule has 8 heteroatoms. The highest BCUT2D eigenvalue weighted by molar-refractivity contribution is 8.25. The Labute approximate surface area is 160 Å². The molecule has 132 valence electrons. The molecule has 1 atom stereocenters. The molecule has 2 aromatic carbocycles. The Kier molecular flexibility index (Phi) is 5.10. The minimum atomic E-state index is -4.15. The van der Waals surface area contributed by atoms with Crippen LogP contribution in [-0.2, 0) is 14.6 Å². The van der Waals surface area contributed by atoms with E-state index in [1.165, 1.54) is 12.1 Å². The molecule has 2 aromatic rings. The average Bonchev–Trinajstić information content (AvgIpc) is 2.92. The molecule has 26 heavy (non-hydrogen) atoms. The Balaban J connectivity index is 2.04. The first-order chi connectivity index (χ1) is 12.4. The summed E-state index contributed by atoms with van der Waals surface area (Å²) in [5.74, 6) is 4.59. The van der Waals surface area contributed by atoms with Crippen molar-refractivity contribution < 1.29 is 18.0 Å². The van der Waals surface area contributed by atoms with E-state index in [4.69, 9.17) is 11.6 Å². The lowest BCUT2D eigenvalue weighted by Gasteiger charge is -2.21. The second-order valence-corrected chi connectivity index (χ2v) is 9.48. The summed E-state index contributed by atoms with van der Waals surface area (Å²) in [5, 5.41) is 1.76. The molecule has 0 aromatic heterocycles. The molecule has 1 heterocycles. The van der Waals surface area contributed by atoms with Crippen molar-refractivity contribution in [3.8, 4) is 11.8 Å². The van der Waals surface area contributed by atoms with E-state index in [1.54, 1.807) is 42.5 Å². The van der Waals surface area contributed by atoms with E-state index >= 15 is 0 Å². The third kappa shape index (κ3) is 3.23. The minimum Gasteiger partial charge on any atom is -0.285 e. The molecule has 0 aliphatic carbocycles. The molecule has 3 rings (SSSR count). The van der Waals surface area contributed by atoms with Gasteiger partial charge in [0, 0.05) is 12.0 Å². The molecule has 1 aliphatic heterocycles. The van der Waals surface area contributed by atoms with Gasteiger partial charge in [-0.1, -0.05) is 53.8 Å². The third-order valence-corrected chi connectivity index (χ3v) is 8.00. The van der Waals surface area contributed by atoms with Crippen molar-refractivity contribution in [1.29, 1.82) is 0 Å². The number of imide groups is 1. The van der Waals surface area contributed by atoms with Crippen molar-refractivity contribution in [2.75, 3.05) is 0 Å². The standard InChI is InChI=1S/C18H12ClNO4S2/c19-15-11-5-4-7-13(15)8-6-12-18(16(21)20-17(22)25-18)26(23,24)14-9-2-1-3-10-14/h1-5,7,9-11H,12H2,(H,20,21,22). The van der Waals surface area contributed by atoms with Gasteiger partial charge in [0.15, 0.2) is 0 Å². The zero-order valence-corrected chi connectivity index (χ0v) is 15.6. The second kappa shape index (κ2) is 7.16. The maximum Gasteiger partial charge on any atom is 0.287 e. The maximum atomic E-state index is 13.1. The summed E-state index contributed by atoms with van der Waals surface area (Å²) >= 11 is 6.47. The molecule has 1 unspecified atom stereocenters. The van der Waals surface area contributed by atoms with Gasteiger partial charge < -0.3 is 0 Å². The van der Waals surface area contributed by atoms with Crippen LogP contribution in [0.4, 0.5) is 4.79 Å². The zero-order valence-electron chi connectivity index (χ0n) is 13.2. The predicted octanol–water partition coefficient (Wildman–Crippen LogP) is 3.23. The topological polar surface area (TPSA) is 80.3 Å². The van der Waals surface area contributed by atoms with Gasteiger partial charge in [0.25, 0.3) is 11.1 Å². The molecule has 1 fully saturated rings. The van der Waals surface area contributed by atoms with E-state index in [0.29, 0.717) is 22.3 Å². The van der Waals surface area contributed by atoms with Crippen molar-refractivity contribution in [3.63, 3.8) is 0 Å². The highest BCUT2D eigenvalue weighted by atomic mass is 35.5. The van der Waals surface area contributed by atoms with Crippen molar-refractivity contribution >= 4 is 44.3 Å². The fraction of sp³-hybridized carbons (Fsp3) is 0.111. The SMILES string of the molecule is O=C1NC(=O)C(CC#Cc2ccccc2Cl)(S(=O)(=O)c2ccccc2)S1. The van der Waals surface area contributed by atoms with Gasteiger partial charge in [-0.2, -0.15) is 0 Å². The Bertz CT molecular complexity index is 1040. The first-order valence-corrected chi connectivity index (χ1v) is 10.1. The number of sulfone groups is 1. The number of carbonyl (C=O) groups is 2. The highest BCUT2D eigenvalue weighted by Crippen LogP contribution is 2.43. The van der Waals surface area contributed by atoms with Crippen LogP contribution in [0.1, 0.15) is 12.0 Å². The average molecular weight is 406 g/mol. The molecule has 0 saturated carbocycles. The number of benzene rings is 2. The minimum absolute atomic E-state index is 0.0445. The van der Waals surface area contributed by atoms with Gasteiger partial charge in [0.05, 0.1) is 9.92 Å². The molecule has 1 aliphatic rings. The summed E-state index contributed by atoms with van der Waals surface area (Å²) in [7, 11) is -4.15. The van der Waals surface area contributed by atoms with Gasteiger partial charge in [-0.25, -0.2) is 8.42 Å². The molecule has 2 amide bonds. The van der Waals surface area contributed by atoms with Gasteiger partial charge in [-0.05, 0) is 36.0 Å². The van der Waals surface area contributed by atoms with Crippen molar-refractivity contribution in [2.24, 2.45) is 0 Å². The number of nitrogens with one attached hydrogen (secondary N) is 1. The van der Waals surface area contributed by atoms with Crippen LogP contribution in [0, 0.1) is 11.8 Å². The summed E-state index contributed by atoms with van der Waals surface area (Å²) < 4.78 is 24.2. The van der Waals surface area contributed by atoms with Crippen molar-refractivity contribution in [2.45, 2.75) is 15.4 Å². The van der Waals surface area contributed by atoms with Gasteiger partial charge in [-0.15, -0.1) is 0 Å². The van der Waals surface area contributed by atoms with Gasteiger partial charge in [-0.3, -0.25) is 14.9 Å². The lowest BCUT2D eigenvalue weighted by atomic mass is 10.2. The fourth-order valence-electron chi connectivity index (χ4n) is 2.41. The van der Waals surface area contributed by atoms with Crippen LogP contribution in [0.15, 0.2) is 59.5 Å². The van der Waals surface area contributed by atoms with Gasteiger partial charge >= 0.3 is 0 Å². The summed E-state index contributed by atoms with van der Waals surface area (Å²) in [4.78, 5) is 24.1. The van der Waals surface area contributed by atoms with E-state index in [9.17, 15) is 18.0 Å². The van der Waals surface area contributed by atoms with Crippen LogP contribution in [0.2, 0.25) is 5.02 Å². The van der Waals surface area contributed by atoms with E-state index in [2.05, 4.69) is 17.2 Å². The molecule has 0 bridgehead atoms. The first-order valence-electron chi connectivity index (χ1n) is 7.44. The Morgan fingerprint density at radius 1 is 1.04 bits per heavy atom. The van der Waals surface area contributed by atoms with Crippen molar-refractivity contribution in [1.82, 2.24) is 5.32 Å². The third-order valence-electron chi connectivity index (χ3n) is 3.72. The van der Waals surface area contributed by atoms with Crippen LogP contribution < -0.4 is 5.32 Å². The molecule has 5 nitrogen and oxygen atoms in total. The normalized spacial score (nSPS) is 19.6. The maximum absolute atomic E-state index is 13.1. The van der Waals surface area contributed by atoms with Crippen molar-refractivity contribution in [3.05, 3.63) is 65.2 Å². The first kappa shape index (κ1) is 18.5. The molecule has 0 spiro atoms. The smallest absolute Gasteiger partial charge is 0.285 e. The van der Waals surface area contributed by atoms with Gasteiger partial charge in [0.2, 0.25) is 13.9 Å². The monoisotopic (exact) mass is 405 g/mol. The van der Waals surface area contributed by atoms with Crippen LogP contribution in [0.25, 0.3) is 0 Å². The predicted molar refractivity (Wildman–Crippen MR) is 100 cm³/mol. The summed E-state index contributed by atoms with van der Waals surface area (Å²) in [5.41, 5.74) is 0.510. The molecular weight excluding hydrogens is 394 g/mol. The fourth-order valence-corrected chi connectivity index (χ4v) is 5.73. The number of thioether (sulfide) groups is 1. The lowest BCUT2D eigenvalue weighted by Crippen LogP contribution is -2.43. The number of carbonyl (C=O) groups excluding carboxylic acids is 2. The molecule has 1 N–H and O–H groups in total. The number of halogens is 1. The quantitative estimate of drug-likeness (QED) is 0.793. The Morgan fingerprint density at radius 2 is 1.69 bits per heavy atom. The number of hydrogen-bond acceptors (Lipinski definition) is 5. The van der Waals surface area contributed by atoms with E-state index in [0.717, 1.165) is 0 Å². The lowest BCUT2D eigenvalue weighted by molar-refractivity contribution is -0.119. The number of amides is 2. The zero-order chi connectivity index (χ0) is 18.8. The van der Waals surface area contributed by atoms with E-state index < -0.39 is 25.1 Å².